The summed E-state index contributed by atoms with van der Waals surface area (Å²) < 4.78 is 18.8. The number of aromatic nitrogens is 1. The van der Waals surface area contributed by atoms with Gasteiger partial charge in [0.1, 0.15) is 0 Å². The summed E-state index contributed by atoms with van der Waals surface area (Å²) in [4.78, 5) is 18.4. The minimum atomic E-state index is -4.37. The van der Waals surface area contributed by atoms with Crippen molar-refractivity contribution in [3.05, 3.63) is 42.5 Å². The molecular weight excluding hydrogens is 301 g/mol. The molecule has 3 rings (SSSR count). The van der Waals surface area contributed by atoms with Crippen LogP contribution in [0.3, 0.4) is 0 Å². The van der Waals surface area contributed by atoms with Gasteiger partial charge in [-0.1, -0.05) is 32.0 Å². The quantitative estimate of drug-likeness (QED) is 0.723. The highest BCUT2D eigenvalue weighted by Gasteiger charge is 2.23. The Morgan fingerprint density at radius 3 is 2.55 bits per heavy atom. The Morgan fingerprint density at radius 1 is 1.18 bits per heavy atom. The first kappa shape index (κ1) is 15.1. The first-order valence-corrected chi connectivity index (χ1v) is 8.72. The van der Waals surface area contributed by atoms with Crippen LogP contribution < -0.4 is 5.50 Å². The minimum Gasteiger partial charge on any atom is -0.447 e. The molecule has 0 radical (unpaired) electrons. The third-order valence-electron chi connectivity index (χ3n) is 3.49. The second kappa shape index (κ2) is 5.43. The van der Waals surface area contributed by atoms with Crippen molar-refractivity contribution in [3.63, 3.8) is 0 Å². The first-order chi connectivity index (χ1) is 10.4. The van der Waals surface area contributed by atoms with Gasteiger partial charge in [-0.25, -0.2) is 0 Å². The first-order valence-electron chi connectivity index (χ1n) is 7.11. The Kier molecular flexibility index (Phi) is 3.73. The predicted molar refractivity (Wildman–Crippen MR) is 86.2 cm³/mol. The van der Waals surface area contributed by atoms with E-state index in [1.807, 2.05) is 30.3 Å². The van der Waals surface area contributed by atoms with Crippen molar-refractivity contribution < 1.29 is 18.8 Å². The van der Waals surface area contributed by atoms with E-state index in [1.165, 1.54) is 6.07 Å². The fourth-order valence-corrected chi connectivity index (χ4v) is 3.08. The number of fused-ring (bicyclic) bond motifs is 1. The van der Waals surface area contributed by atoms with Crippen molar-refractivity contribution >= 4 is 24.0 Å². The zero-order chi connectivity index (χ0) is 15.9. The fourth-order valence-electron chi connectivity index (χ4n) is 2.60. The van der Waals surface area contributed by atoms with Crippen LogP contribution in [0.5, 0.6) is 0 Å². The van der Waals surface area contributed by atoms with E-state index in [-0.39, 0.29) is 5.50 Å². The third-order valence-corrected chi connectivity index (χ3v) is 4.30. The van der Waals surface area contributed by atoms with Crippen LogP contribution in [-0.4, -0.2) is 14.4 Å². The highest BCUT2D eigenvalue weighted by Crippen LogP contribution is 2.36. The summed E-state index contributed by atoms with van der Waals surface area (Å²) in [6.45, 7) is 5.05. The summed E-state index contributed by atoms with van der Waals surface area (Å²) in [6.07, 6.45) is 0. The van der Waals surface area contributed by atoms with Gasteiger partial charge in [0.05, 0.1) is 5.69 Å². The molecule has 0 spiro atoms. The van der Waals surface area contributed by atoms with E-state index in [1.54, 1.807) is 6.07 Å². The summed E-state index contributed by atoms with van der Waals surface area (Å²) in [5.74, 6) is 0.904. The maximum Gasteiger partial charge on any atom is 0.391 e. The van der Waals surface area contributed by atoms with Gasteiger partial charge in [-0.3, -0.25) is 4.57 Å². The molecule has 22 heavy (non-hydrogen) atoms. The lowest BCUT2D eigenvalue weighted by atomic mass is 10.2. The zero-order valence-corrected chi connectivity index (χ0v) is 13.3. The van der Waals surface area contributed by atoms with Gasteiger partial charge in [0.25, 0.3) is 0 Å². The van der Waals surface area contributed by atoms with Gasteiger partial charge in [-0.2, -0.15) is 0 Å². The molecule has 0 saturated heterocycles. The molecule has 2 aromatic heterocycles. The normalized spacial score (nSPS) is 12.4. The Hall–Kier alpha value is -1.81. The molecule has 0 aliphatic rings. The number of benzene rings is 1. The third kappa shape index (κ3) is 2.75. The predicted octanol–water partition coefficient (Wildman–Crippen LogP) is 3.36. The Balaban J connectivity index is 2.17. The molecule has 0 unspecified atom stereocenters. The Morgan fingerprint density at radius 2 is 1.91 bits per heavy atom. The van der Waals surface area contributed by atoms with Crippen LogP contribution >= 0.6 is 7.60 Å². The lowest BCUT2D eigenvalue weighted by molar-refractivity contribution is 0.377. The Bertz CT molecular complexity index is 856. The number of nitrogens with zero attached hydrogens (tertiary/aromatic N) is 1. The molecule has 2 heterocycles. The average Bonchev–Trinajstić information content (AvgIpc) is 3.03. The smallest absolute Gasteiger partial charge is 0.391 e. The van der Waals surface area contributed by atoms with Gasteiger partial charge in [-0.05, 0) is 30.2 Å². The van der Waals surface area contributed by atoms with E-state index in [9.17, 15) is 14.4 Å². The van der Waals surface area contributed by atoms with Crippen LogP contribution in [0.15, 0.2) is 46.9 Å². The number of hydrogen-bond acceptors (Lipinski definition) is 2. The minimum absolute atomic E-state index is 0.302. The molecule has 1 aromatic carbocycles. The highest BCUT2D eigenvalue weighted by molar-refractivity contribution is 7.59. The van der Waals surface area contributed by atoms with Gasteiger partial charge in [0, 0.05) is 17.4 Å². The van der Waals surface area contributed by atoms with E-state index in [2.05, 4.69) is 18.4 Å². The largest absolute Gasteiger partial charge is 0.447 e. The fraction of sp³-hybridized carbons (Fsp3) is 0.250. The molecule has 0 fully saturated rings. The van der Waals surface area contributed by atoms with Gasteiger partial charge < -0.3 is 18.8 Å². The standard InChI is InChI=1S/C16H18NO4P/c1-11(2)10-17-13-6-4-3-5-12(13)9-14(17)15-7-8-16(21-15)22(18,19)20/h3-9,11H,10H2,1-2H3,(H2,18,19,20). The van der Waals surface area contributed by atoms with E-state index >= 15 is 0 Å². The van der Waals surface area contributed by atoms with Crippen molar-refractivity contribution in [2.45, 2.75) is 20.4 Å². The second-order valence-electron chi connectivity index (χ2n) is 5.77. The SMILES string of the molecule is CC(C)Cn1c(-c2ccc(P(=O)(O)O)o2)cc2ccccc21. The summed E-state index contributed by atoms with van der Waals surface area (Å²) in [5, 5.41) is 1.08. The monoisotopic (exact) mass is 319 g/mol. The van der Waals surface area contributed by atoms with Crippen molar-refractivity contribution in [3.8, 4) is 11.5 Å². The van der Waals surface area contributed by atoms with Crippen molar-refractivity contribution in [1.29, 1.82) is 0 Å². The van der Waals surface area contributed by atoms with Crippen molar-refractivity contribution in [2.75, 3.05) is 0 Å². The molecule has 3 aromatic rings. The van der Waals surface area contributed by atoms with Gasteiger partial charge >= 0.3 is 7.60 Å². The molecule has 2 N–H and O–H groups in total. The number of rotatable bonds is 4. The molecule has 0 atom stereocenters. The van der Waals surface area contributed by atoms with Crippen LogP contribution in [-0.2, 0) is 11.1 Å². The molecule has 0 amide bonds. The second-order valence-corrected chi connectivity index (χ2v) is 7.30. The maximum absolute atomic E-state index is 11.3. The summed E-state index contributed by atoms with van der Waals surface area (Å²) in [5.41, 5.74) is 1.61. The highest BCUT2D eigenvalue weighted by atomic mass is 31.2. The summed E-state index contributed by atoms with van der Waals surface area (Å²) in [7, 11) is -4.37. The maximum atomic E-state index is 11.3. The van der Waals surface area contributed by atoms with Crippen LogP contribution in [0.2, 0.25) is 0 Å². The van der Waals surface area contributed by atoms with E-state index < -0.39 is 7.60 Å². The number of para-hydroxylation sites is 1. The molecule has 0 saturated carbocycles. The molecule has 5 nitrogen and oxygen atoms in total. The number of hydrogen-bond donors (Lipinski definition) is 2. The molecule has 116 valence electrons. The van der Waals surface area contributed by atoms with E-state index in [0.717, 1.165) is 23.1 Å². The molecular formula is C16H18NO4P. The lowest BCUT2D eigenvalue weighted by Crippen LogP contribution is -2.05. The summed E-state index contributed by atoms with van der Waals surface area (Å²) >= 11 is 0. The molecule has 6 heteroatoms. The van der Waals surface area contributed by atoms with Crippen LogP contribution in [0.25, 0.3) is 22.4 Å². The van der Waals surface area contributed by atoms with Crippen LogP contribution in [0.1, 0.15) is 13.8 Å². The van der Waals surface area contributed by atoms with E-state index in [0.29, 0.717) is 11.7 Å². The molecule has 0 bridgehead atoms. The van der Waals surface area contributed by atoms with Crippen LogP contribution in [0, 0.1) is 5.92 Å². The van der Waals surface area contributed by atoms with Crippen molar-refractivity contribution in [2.24, 2.45) is 5.92 Å². The van der Waals surface area contributed by atoms with Gasteiger partial charge in [0.2, 0.25) is 5.50 Å². The molecule has 0 aliphatic carbocycles. The number of furan rings is 1. The molecule has 0 aliphatic heterocycles. The summed E-state index contributed by atoms with van der Waals surface area (Å²) in [6, 6.07) is 12.9. The van der Waals surface area contributed by atoms with Gasteiger partial charge in [0.15, 0.2) is 5.76 Å². The zero-order valence-electron chi connectivity index (χ0n) is 12.4. The topological polar surface area (TPSA) is 75.6 Å². The van der Waals surface area contributed by atoms with Crippen molar-refractivity contribution in [1.82, 2.24) is 4.57 Å². The van der Waals surface area contributed by atoms with Crippen LogP contribution in [0.4, 0.5) is 0 Å². The average molecular weight is 319 g/mol. The van der Waals surface area contributed by atoms with Gasteiger partial charge in [-0.15, -0.1) is 0 Å². The Labute approximate surface area is 128 Å². The van der Waals surface area contributed by atoms with E-state index in [4.69, 9.17) is 4.42 Å². The lowest BCUT2D eigenvalue weighted by Gasteiger charge is -2.12.